The molecule has 0 aliphatic rings. The molecule has 0 unspecified atom stereocenters. The number of aromatic nitrogens is 3. The van der Waals surface area contributed by atoms with Gasteiger partial charge >= 0.3 is 0 Å². The molecule has 11 aromatic rings. The highest BCUT2D eigenvalue weighted by Gasteiger charge is 2.17. The van der Waals surface area contributed by atoms with Crippen LogP contribution in [0.25, 0.3) is 111 Å². The van der Waals surface area contributed by atoms with E-state index >= 15 is 0 Å². The van der Waals surface area contributed by atoms with Crippen LogP contribution in [-0.2, 0) is 0 Å². The summed E-state index contributed by atoms with van der Waals surface area (Å²) in [5.41, 5.74) is 17.0. The van der Waals surface area contributed by atoms with Crippen LogP contribution in [0.3, 0.4) is 0 Å². The molecular formula is C59H39N3. The molecule has 0 fully saturated rings. The minimum Gasteiger partial charge on any atom is -0.248 e. The van der Waals surface area contributed by atoms with Gasteiger partial charge in [0.05, 0.1) is 22.6 Å². The number of fused-ring (bicyclic) bond motifs is 3. The van der Waals surface area contributed by atoms with Crippen molar-refractivity contribution in [1.29, 1.82) is 0 Å². The summed E-state index contributed by atoms with van der Waals surface area (Å²) in [6, 6.07) is 83.5. The first-order valence-electron chi connectivity index (χ1n) is 21.0. The largest absolute Gasteiger partial charge is 0.248 e. The molecule has 0 radical (unpaired) electrons. The molecule has 0 aliphatic heterocycles. The summed E-state index contributed by atoms with van der Waals surface area (Å²) in [7, 11) is 0. The Hall–Kier alpha value is -8.27. The van der Waals surface area contributed by atoms with Crippen molar-refractivity contribution in [2.45, 2.75) is 0 Å². The van der Waals surface area contributed by atoms with Gasteiger partial charge in [-0.1, -0.05) is 200 Å². The van der Waals surface area contributed by atoms with Gasteiger partial charge in [0, 0.05) is 27.6 Å². The van der Waals surface area contributed by atoms with Gasteiger partial charge in [-0.25, -0.2) is 15.0 Å². The van der Waals surface area contributed by atoms with Crippen LogP contribution in [0, 0.1) is 0 Å². The third-order valence-electron chi connectivity index (χ3n) is 11.7. The van der Waals surface area contributed by atoms with Crippen molar-refractivity contribution in [2.24, 2.45) is 0 Å². The topological polar surface area (TPSA) is 38.7 Å². The van der Waals surface area contributed by atoms with Gasteiger partial charge in [0.15, 0.2) is 5.82 Å². The molecule has 290 valence electrons. The van der Waals surface area contributed by atoms with Crippen molar-refractivity contribution >= 4 is 21.7 Å². The Labute approximate surface area is 361 Å². The summed E-state index contributed by atoms with van der Waals surface area (Å²) in [5.74, 6) is 0.688. The van der Waals surface area contributed by atoms with Gasteiger partial charge in [-0.2, -0.15) is 0 Å². The molecule has 0 N–H and O–H groups in total. The van der Waals surface area contributed by atoms with Crippen molar-refractivity contribution in [3.05, 3.63) is 237 Å². The van der Waals surface area contributed by atoms with Crippen molar-refractivity contribution in [1.82, 2.24) is 15.0 Å². The second-order valence-corrected chi connectivity index (χ2v) is 15.6. The fourth-order valence-corrected chi connectivity index (χ4v) is 8.60. The first-order chi connectivity index (χ1) is 30.7. The molecule has 0 saturated heterocycles. The number of rotatable bonds is 8. The summed E-state index contributed by atoms with van der Waals surface area (Å²) < 4.78 is 0. The zero-order valence-electron chi connectivity index (χ0n) is 33.9. The Bertz CT molecular complexity index is 3290. The number of hydrogen-bond acceptors (Lipinski definition) is 3. The Morgan fingerprint density at radius 2 is 0.677 bits per heavy atom. The predicted octanol–water partition coefficient (Wildman–Crippen LogP) is 15.5. The van der Waals surface area contributed by atoms with Gasteiger partial charge in [0.1, 0.15) is 0 Å². The minimum absolute atomic E-state index is 0.688. The fraction of sp³-hybridized carbons (Fsp3) is 0. The Balaban J connectivity index is 1.03. The third kappa shape index (κ3) is 7.12. The molecule has 2 aromatic heterocycles. The van der Waals surface area contributed by atoms with Gasteiger partial charge in [-0.05, 0) is 91.7 Å². The van der Waals surface area contributed by atoms with Gasteiger partial charge in [-0.15, -0.1) is 0 Å². The monoisotopic (exact) mass is 789 g/mol. The Morgan fingerprint density at radius 3 is 1.27 bits per heavy atom. The van der Waals surface area contributed by atoms with E-state index in [-0.39, 0.29) is 0 Å². The first-order valence-corrected chi connectivity index (χ1v) is 21.0. The van der Waals surface area contributed by atoms with Gasteiger partial charge in [0.2, 0.25) is 0 Å². The maximum atomic E-state index is 5.23. The van der Waals surface area contributed by atoms with E-state index in [1.54, 1.807) is 0 Å². The zero-order valence-corrected chi connectivity index (χ0v) is 33.9. The SMILES string of the molecule is c1ccc(-c2cc(-c3ccccc3)cc(-c3cc(-c4ccc(-c5cccc6c5ccc5nc(-c7ccccc7)cc(-c7ccccc7)c56)cc4)nc(-c4ccccc4)n3)c2)cc1. The summed E-state index contributed by atoms with van der Waals surface area (Å²) in [4.78, 5) is 15.6. The standard InChI is InChI=1S/C59H39N3/c1-6-17-40(18-7-1)47-35-48(41-19-8-2-9-20-41)37-49(36-47)57-39-56(61-59(62-57)46-25-14-5-15-26-46)45-31-29-43(30-32-45)50-27-16-28-52-51(50)33-34-54-58(52)53(42-21-10-3-11-22-42)38-55(60-54)44-23-12-4-13-24-44/h1-39H. The van der Waals surface area contributed by atoms with E-state index in [1.807, 2.05) is 24.3 Å². The summed E-state index contributed by atoms with van der Waals surface area (Å²) in [6.45, 7) is 0. The molecular weight excluding hydrogens is 751 g/mol. The van der Waals surface area contributed by atoms with Crippen molar-refractivity contribution in [2.75, 3.05) is 0 Å². The molecule has 62 heavy (non-hydrogen) atoms. The fourth-order valence-electron chi connectivity index (χ4n) is 8.60. The average Bonchev–Trinajstić information content (AvgIpc) is 3.37. The summed E-state index contributed by atoms with van der Waals surface area (Å²) in [5, 5.41) is 3.51. The summed E-state index contributed by atoms with van der Waals surface area (Å²) >= 11 is 0. The van der Waals surface area contributed by atoms with E-state index in [1.165, 1.54) is 27.5 Å². The maximum absolute atomic E-state index is 5.23. The maximum Gasteiger partial charge on any atom is 0.160 e. The number of pyridine rings is 1. The van der Waals surface area contributed by atoms with E-state index in [0.717, 1.165) is 78.1 Å². The molecule has 0 amide bonds. The van der Waals surface area contributed by atoms with Crippen molar-refractivity contribution in [3.8, 4) is 89.7 Å². The molecule has 0 spiro atoms. The molecule has 9 aromatic carbocycles. The van der Waals surface area contributed by atoms with Crippen LogP contribution in [0.4, 0.5) is 0 Å². The van der Waals surface area contributed by atoms with Gasteiger partial charge in [-0.3, -0.25) is 0 Å². The second kappa shape index (κ2) is 16.1. The summed E-state index contributed by atoms with van der Waals surface area (Å²) in [6.07, 6.45) is 0. The molecule has 3 heteroatoms. The lowest BCUT2D eigenvalue weighted by Gasteiger charge is -2.15. The van der Waals surface area contributed by atoms with Crippen molar-refractivity contribution < 1.29 is 0 Å². The second-order valence-electron chi connectivity index (χ2n) is 15.6. The van der Waals surface area contributed by atoms with Crippen LogP contribution in [0.5, 0.6) is 0 Å². The van der Waals surface area contributed by atoms with Crippen LogP contribution in [0.15, 0.2) is 237 Å². The smallest absolute Gasteiger partial charge is 0.160 e. The lowest BCUT2D eigenvalue weighted by molar-refractivity contribution is 1.18. The number of hydrogen-bond donors (Lipinski definition) is 0. The highest BCUT2D eigenvalue weighted by Crippen LogP contribution is 2.40. The quantitative estimate of drug-likeness (QED) is 0.144. The van der Waals surface area contributed by atoms with E-state index in [0.29, 0.717) is 5.82 Å². The van der Waals surface area contributed by atoms with Crippen LogP contribution in [-0.4, -0.2) is 15.0 Å². The molecule has 0 saturated carbocycles. The first kappa shape index (κ1) is 36.8. The van der Waals surface area contributed by atoms with E-state index in [4.69, 9.17) is 15.0 Å². The molecule has 3 nitrogen and oxygen atoms in total. The highest BCUT2D eigenvalue weighted by molar-refractivity contribution is 6.17. The third-order valence-corrected chi connectivity index (χ3v) is 11.7. The Kier molecular flexibility index (Phi) is 9.53. The predicted molar refractivity (Wildman–Crippen MR) is 258 cm³/mol. The normalized spacial score (nSPS) is 11.2. The van der Waals surface area contributed by atoms with E-state index in [9.17, 15) is 0 Å². The van der Waals surface area contributed by atoms with Crippen LogP contribution in [0.2, 0.25) is 0 Å². The van der Waals surface area contributed by atoms with Crippen LogP contribution < -0.4 is 0 Å². The van der Waals surface area contributed by atoms with Gasteiger partial charge in [0.25, 0.3) is 0 Å². The van der Waals surface area contributed by atoms with E-state index in [2.05, 4.69) is 212 Å². The molecule has 0 aliphatic carbocycles. The van der Waals surface area contributed by atoms with Crippen LogP contribution in [0.1, 0.15) is 0 Å². The Morgan fingerprint density at radius 1 is 0.226 bits per heavy atom. The molecule has 0 bridgehead atoms. The average molecular weight is 790 g/mol. The minimum atomic E-state index is 0.688. The number of benzene rings is 9. The van der Waals surface area contributed by atoms with Crippen LogP contribution >= 0.6 is 0 Å². The highest BCUT2D eigenvalue weighted by atomic mass is 14.9. The van der Waals surface area contributed by atoms with E-state index < -0.39 is 0 Å². The van der Waals surface area contributed by atoms with Gasteiger partial charge < -0.3 is 0 Å². The zero-order chi connectivity index (χ0) is 41.2. The lowest BCUT2D eigenvalue weighted by atomic mass is 9.91. The molecule has 2 heterocycles. The molecule has 0 atom stereocenters. The van der Waals surface area contributed by atoms with Crippen molar-refractivity contribution in [3.63, 3.8) is 0 Å². The lowest BCUT2D eigenvalue weighted by Crippen LogP contribution is -1.96. The number of nitrogens with zero attached hydrogens (tertiary/aromatic N) is 3. The molecule has 11 rings (SSSR count).